The third-order valence-electron chi connectivity index (χ3n) is 3.87. The molecule has 0 aliphatic heterocycles. The fourth-order valence-corrected chi connectivity index (χ4v) is 3.99. The average molecular weight is 272 g/mol. The van der Waals surface area contributed by atoms with E-state index in [1.807, 2.05) is 11.3 Å². The van der Waals surface area contributed by atoms with Crippen LogP contribution in [-0.2, 0) is 12.8 Å². The predicted molar refractivity (Wildman–Crippen MR) is 80.8 cm³/mol. The number of hydrogen-bond donors (Lipinski definition) is 1. The Kier molecular flexibility index (Phi) is 3.42. The van der Waals surface area contributed by atoms with Crippen LogP contribution in [0.4, 0.5) is 0 Å². The lowest BCUT2D eigenvalue weighted by Crippen LogP contribution is -2.31. The van der Waals surface area contributed by atoms with Crippen LogP contribution in [0.25, 0.3) is 0 Å². The summed E-state index contributed by atoms with van der Waals surface area (Å²) in [5, 5.41) is 4.93. The third kappa shape index (κ3) is 2.58. The van der Waals surface area contributed by atoms with Crippen LogP contribution in [0.3, 0.4) is 0 Å². The highest BCUT2D eigenvalue weighted by molar-refractivity contribution is 7.11. The largest absolute Gasteiger partial charge is 0.306 e. The van der Waals surface area contributed by atoms with Crippen LogP contribution in [0.5, 0.6) is 0 Å². The Bertz CT molecular complexity index is 563. The Hall–Kier alpha value is -1.19. The number of thiazole rings is 1. The summed E-state index contributed by atoms with van der Waals surface area (Å²) in [5.41, 5.74) is 4.19. The van der Waals surface area contributed by atoms with Crippen LogP contribution in [0.1, 0.15) is 39.7 Å². The highest BCUT2D eigenvalue weighted by Crippen LogP contribution is 2.28. The maximum atomic E-state index is 4.52. The highest BCUT2D eigenvalue weighted by atomic mass is 32.1. The molecular weight excluding hydrogens is 252 g/mol. The summed E-state index contributed by atoms with van der Waals surface area (Å²) in [6.07, 6.45) is 2.30. The molecule has 1 aromatic carbocycles. The Morgan fingerprint density at radius 1 is 1.21 bits per heavy atom. The fraction of sp³-hybridized carbons (Fsp3) is 0.438. The quantitative estimate of drug-likeness (QED) is 0.924. The average Bonchev–Trinajstić information content (AvgIpc) is 2.91. The van der Waals surface area contributed by atoms with Crippen molar-refractivity contribution in [1.29, 1.82) is 0 Å². The van der Waals surface area contributed by atoms with E-state index in [0.717, 1.165) is 17.8 Å². The smallest absolute Gasteiger partial charge is 0.0900 e. The second kappa shape index (κ2) is 5.06. The van der Waals surface area contributed by atoms with Gasteiger partial charge in [-0.1, -0.05) is 24.3 Å². The first kappa shape index (κ1) is 12.8. The normalized spacial score (nSPS) is 16.6. The molecule has 0 spiro atoms. The molecule has 19 heavy (non-hydrogen) atoms. The van der Waals surface area contributed by atoms with E-state index in [1.165, 1.54) is 21.7 Å². The molecule has 1 heterocycles. The first-order chi connectivity index (χ1) is 9.13. The molecule has 1 aromatic heterocycles. The van der Waals surface area contributed by atoms with Crippen molar-refractivity contribution in [1.82, 2.24) is 10.3 Å². The molecule has 1 N–H and O–H groups in total. The van der Waals surface area contributed by atoms with Crippen LogP contribution >= 0.6 is 11.3 Å². The molecule has 2 nitrogen and oxygen atoms in total. The topological polar surface area (TPSA) is 24.9 Å². The van der Waals surface area contributed by atoms with Gasteiger partial charge >= 0.3 is 0 Å². The van der Waals surface area contributed by atoms with Crippen molar-refractivity contribution in [2.24, 2.45) is 0 Å². The number of nitrogens with one attached hydrogen (secondary N) is 1. The van der Waals surface area contributed by atoms with Gasteiger partial charge in [0.25, 0.3) is 0 Å². The van der Waals surface area contributed by atoms with Gasteiger partial charge in [-0.05, 0) is 44.7 Å². The van der Waals surface area contributed by atoms with Gasteiger partial charge < -0.3 is 5.32 Å². The lowest BCUT2D eigenvalue weighted by atomic mass is 10.1. The first-order valence-electron chi connectivity index (χ1n) is 6.90. The fourth-order valence-electron chi connectivity index (χ4n) is 3.05. The van der Waals surface area contributed by atoms with Gasteiger partial charge in [0.05, 0.1) is 10.7 Å². The Balaban J connectivity index is 1.69. The monoisotopic (exact) mass is 272 g/mol. The highest BCUT2D eigenvalue weighted by Gasteiger charge is 2.23. The van der Waals surface area contributed by atoms with Gasteiger partial charge in [-0.2, -0.15) is 0 Å². The lowest BCUT2D eigenvalue weighted by molar-refractivity contribution is 0.470. The number of rotatable bonds is 3. The lowest BCUT2D eigenvalue weighted by Gasteiger charge is -2.18. The van der Waals surface area contributed by atoms with Crippen LogP contribution in [0.15, 0.2) is 24.3 Å². The molecule has 1 unspecified atom stereocenters. The Morgan fingerprint density at radius 3 is 2.37 bits per heavy atom. The SMILES string of the molecule is Cc1nc(C)c(C(C)NC2Cc3ccccc3C2)s1. The van der Waals surface area contributed by atoms with Gasteiger partial charge in [0.2, 0.25) is 0 Å². The summed E-state index contributed by atoms with van der Waals surface area (Å²) < 4.78 is 0. The molecule has 0 fully saturated rings. The van der Waals surface area contributed by atoms with Crippen molar-refractivity contribution >= 4 is 11.3 Å². The number of nitrogens with zero attached hydrogens (tertiary/aromatic N) is 1. The first-order valence-corrected chi connectivity index (χ1v) is 7.72. The van der Waals surface area contributed by atoms with E-state index in [1.54, 1.807) is 0 Å². The van der Waals surface area contributed by atoms with Crippen LogP contribution < -0.4 is 5.32 Å². The zero-order chi connectivity index (χ0) is 13.4. The molecule has 0 amide bonds. The van der Waals surface area contributed by atoms with E-state index in [4.69, 9.17) is 0 Å². The molecule has 3 heteroatoms. The number of benzene rings is 1. The standard InChI is InChI=1S/C16H20N2S/c1-10-16(19-12(3)17-10)11(2)18-15-8-13-6-4-5-7-14(13)9-15/h4-7,11,15,18H,8-9H2,1-3H3. The Labute approximate surface area is 118 Å². The maximum absolute atomic E-state index is 4.52. The van der Waals surface area contributed by atoms with Gasteiger partial charge in [0, 0.05) is 17.0 Å². The summed E-state index contributed by atoms with van der Waals surface area (Å²) in [6.45, 7) is 6.45. The van der Waals surface area contributed by atoms with Gasteiger partial charge in [-0.25, -0.2) is 4.98 Å². The molecule has 0 saturated carbocycles. The van der Waals surface area contributed by atoms with E-state index in [9.17, 15) is 0 Å². The van der Waals surface area contributed by atoms with Crippen molar-refractivity contribution in [3.05, 3.63) is 51.0 Å². The molecule has 0 saturated heterocycles. The zero-order valence-electron chi connectivity index (χ0n) is 11.7. The minimum Gasteiger partial charge on any atom is -0.306 e. The maximum Gasteiger partial charge on any atom is 0.0900 e. The van der Waals surface area contributed by atoms with Gasteiger partial charge in [-0.3, -0.25) is 0 Å². The Morgan fingerprint density at radius 2 is 1.84 bits per heavy atom. The number of aromatic nitrogens is 1. The molecule has 3 rings (SSSR count). The number of aryl methyl sites for hydroxylation is 2. The predicted octanol–water partition coefficient (Wildman–Crippen LogP) is 3.58. The molecule has 1 atom stereocenters. The minimum absolute atomic E-state index is 0.394. The van der Waals surface area contributed by atoms with Crippen molar-refractivity contribution in [2.45, 2.75) is 45.7 Å². The van der Waals surface area contributed by atoms with Crippen LogP contribution in [0, 0.1) is 13.8 Å². The van der Waals surface area contributed by atoms with Crippen LogP contribution in [-0.4, -0.2) is 11.0 Å². The van der Waals surface area contributed by atoms with Crippen molar-refractivity contribution < 1.29 is 0 Å². The summed E-state index contributed by atoms with van der Waals surface area (Å²) >= 11 is 1.82. The van der Waals surface area contributed by atoms with Crippen molar-refractivity contribution in [3.8, 4) is 0 Å². The molecule has 0 radical (unpaired) electrons. The summed E-state index contributed by atoms with van der Waals surface area (Å²) in [4.78, 5) is 5.91. The molecule has 2 aromatic rings. The number of hydrogen-bond acceptors (Lipinski definition) is 3. The van der Waals surface area contributed by atoms with E-state index >= 15 is 0 Å². The van der Waals surface area contributed by atoms with Gasteiger partial charge in [0.1, 0.15) is 0 Å². The minimum atomic E-state index is 0.394. The molecule has 0 bridgehead atoms. The van der Waals surface area contributed by atoms with Gasteiger partial charge in [-0.15, -0.1) is 11.3 Å². The summed E-state index contributed by atoms with van der Waals surface area (Å²) in [6, 6.07) is 9.75. The van der Waals surface area contributed by atoms with Crippen LogP contribution in [0.2, 0.25) is 0 Å². The second-order valence-corrected chi connectivity index (χ2v) is 6.68. The van der Waals surface area contributed by atoms with E-state index in [0.29, 0.717) is 12.1 Å². The van der Waals surface area contributed by atoms with Crippen molar-refractivity contribution in [2.75, 3.05) is 0 Å². The third-order valence-corrected chi connectivity index (χ3v) is 5.12. The van der Waals surface area contributed by atoms with Crippen molar-refractivity contribution in [3.63, 3.8) is 0 Å². The molecule has 1 aliphatic carbocycles. The van der Waals surface area contributed by atoms with E-state index in [2.05, 4.69) is 55.3 Å². The molecule has 1 aliphatic rings. The van der Waals surface area contributed by atoms with E-state index in [-0.39, 0.29) is 0 Å². The van der Waals surface area contributed by atoms with Gasteiger partial charge in [0.15, 0.2) is 0 Å². The second-order valence-electron chi connectivity index (χ2n) is 5.44. The molecular formula is C16H20N2S. The summed E-state index contributed by atoms with van der Waals surface area (Å²) in [7, 11) is 0. The zero-order valence-corrected chi connectivity index (χ0v) is 12.6. The summed E-state index contributed by atoms with van der Waals surface area (Å²) in [5.74, 6) is 0. The molecule has 100 valence electrons. The van der Waals surface area contributed by atoms with E-state index < -0.39 is 0 Å². The number of fused-ring (bicyclic) bond motifs is 1.